The van der Waals surface area contributed by atoms with E-state index in [0.29, 0.717) is 12.3 Å². The fourth-order valence-corrected chi connectivity index (χ4v) is 0.975. The zero-order valence-corrected chi connectivity index (χ0v) is 8.22. The molecule has 70 valence electrons. The summed E-state index contributed by atoms with van der Waals surface area (Å²) in [5.41, 5.74) is 2.68. The fraction of sp³-hybridized carbons (Fsp3) is 0.400. The smallest absolute Gasteiger partial charge is 0.232 e. The van der Waals surface area contributed by atoms with E-state index in [1.54, 1.807) is 6.07 Å². The summed E-state index contributed by atoms with van der Waals surface area (Å²) in [6.45, 7) is 6.29. The average molecular weight is 178 g/mol. The Balaban J connectivity index is 2.90. The SMILES string of the molecule is CCOC(=N)c1ccc(C)c(C)n1. The van der Waals surface area contributed by atoms with Gasteiger partial charge in [-0.25, -0.2) is 4.98 Å². The molecule has 0 spiro atoms. The van der Waals surface area contributed by atoms with E-state index in [0.717, 1.165) is 11.3 Å². The molecule has 0 fully saturated rings. The highest BCUT2D eigenvalue weighted by Crippen LogP contribution is 2.05. The Hall–Kier alpha value is -1.38. The molecule has 0 unspecified atom stereocenters. The molecule has 0 radical (unpaired) electrons. The summed E-state index contributed by atoms with van der Waals surface area (Å²) in [5, 5.41) is 7.51. The molecule has 0 aliphatic carbocycles. The Labute approximate surface area is 78.3 Å². The molecule has 3 nitrogen and oxygen atoms in total. The molecule has 1 aromatic heterocycles. The molecular formula is C10H14N2O. The Morgan fingerprint density at radius 1 is 1.46 bits per heavy atom. The van der Waals surface area contributed by atoms with E-state index in [1.807, 2.05) is 26.8 Å². The standard InChI is InChI=1S/C10H14N2O/c1-4-13-10(11)9-6-5-7(2)8(3)12-9/h5-6,11H,4H2,1-3H3. The maximum Gasteiger partial charge on any atom is 0.232 e. The van der Waals surface area contributed by atoms with E-state index in [1.165, 1.54) is 0 Å². The van der Waals surface area contributed by atoms with Gasteiger partial charge in [0.2, 0.25) is 5.90 Å². The highest BCUT2D eigenvalue weighted by Gasteiger charge is 2.04. The zero-order chi connectivity index (χ0) is 9.84. The lowest BCUT2D eigenvalue weighted by atomic mass is 10.2. The van der Waals surface area contributed by atoms with Crippen LogP contribution in [0.2, 0.25) is 0 Å². The number of aromatic nitrogens is 1. The van der Waals surface area contributed by atoms with Crippen LogP contribution in [0.1, 0.15) is 23.9 Å². The summed E-state index contributed by atoms with van der Waals surface area (Å²) < 4.78 is 5.04. The van der Waals surface area contributed by atoms with Crippen LogP contribution in [0.4, 0.5) is 0 Å². The summed E-state index contributed by atoms with van der Waals surface area (Å²) in [6.07, 6.45) is 0. The van der Waals surface area contributed by atoms with Gasteiger partial charge < -0.3 is 4.74 Å². The second kappa shape index (κ2) is 4.03. The monoisotopic (exact) mass is 178 g/mol. The van der Waals surface area contributed by atoms with Gasteiger partial charge in [0.05, 0.1) is 6.61 Å². The van der Waals surface area contributed by atoms with E-state index in [2.05, 4.69) is 4.98 Å². The molecule has 0 atom stereocenters. The van der Waals surface area contributed by atoms with E-state index in [9.17, 15) is 0 Å². The van der Waals surface area contributed by atoms with Crippen molar-refractivity contribution in [1.29, 1.82) is 5.41 Å². The third-order valence-corrected chi connectivity index (χ3v) is 1.87. The van der Waals surface area contributed by atoms with E-state index < -0.39 is 0 Å². The lowest BCUT2D eigenvalue weighted by Gasteiger charge is -2.05. The number of ether oxygens (including phenoxy) is 1. The van der Waals surface area contributed by atoms with Gasteiger partial charge in [-0.3, -0.25) is 5.41 Å². The molecule has 0 aliphatic heterocycles. The number of rotatable bonds is 2. The Morgan fingerprint density at radius 2 is 2.15 bits per heavy atom. The van der Waals surface area contributed by atoms with Crippen molar-refractivity contribution < 1.29 is 4.74 Å². The minimum Gasteiger partial charge on any atom is -0.477 e. The number of aryl methyl sites for hydroxylation is 2. The van der Waals surface area contributed by atoms with Gasteiger partial charge >= 0.3 is 0 Å². The number of nitrogens with one attached hydrogen (secondary N) is 1. The third-order valence-electron chi connectivity index (χ3n) is 1.87. The van der Waals surface area contributed by atoms with Gasteiger partial charge in [-0.15, -0.1) is 0 Å². The molecule has 0 saturated carbocycles. The van der Waals surface area contributed by atoms with Crippen LogP contribution >= 0.6 is 0 Å². The third kappa shape index (κ3) is 2.28. The van der Waals surface area contributed by atoms with Gasteiger partial charge in [0.15, 0.2) is 0 Å². The van der Waals surface area contributed by atoms with Crippen LogP contribution in [0.25, 0.3) is 0 Å². The van der Waals surface area contributed by atoms with Crippen LogP contribution in [0, 0.1) is 19.3 Å². The molecular weight excluding hydrogens is 164 g/mol. The second-order valence-corrected chi connectivity index (χ2v) is 2.86. The maximum atomic E-state index is 7.51. The largest absolute Gasteiger partial charge is 0.477 e. The van der Waals surface area contributed by atoms with Gasteiger partial charge in [0.1, 0.15) is 5.69 Å². The number of hydrogen-bond donors (Lipinski definition) is 1. The highest BCUT2D eigenvalue weighted by molar-refractivity contribution is 5.89. The molecule has 1 heterocycles. The number of nitrogens with zero attached hydrogens (tertiary/aromatic N) is 1. The molecule has 0 amide bonds. The van der Waals surface area contributed by atoms with Crippen molar-refractivity contribution in [1.82, 2.24) is 4.98 Å². The Kier molecular flexibility index (Phi) is 3.01. The van der Waals surface area contributed by atoms with Crippen molar-refractivity contribution in [3.05, 3.63) is 29.1 Å². The second-order valence-electron chi connectivity index (χ2n) is 2.86. The van der Waals surface area contributed by atoms with Crippen LogP contribution in [0.5, 0.6) is 0 Å². The Bertz CT molecular complexity index is 321. The summed E-state index contributed by atoms with van der Waals surface area (Å²) >= 11 is 0. The maximum absolute atomic E-state index is 7.51. The first-order chi connectivity index (χ1) is 6.15. The van der Waals surface area contributed by atoms with Crippen LogP contribution in [0.3, 0.4) is 0 Å². The molecule has 0 aromatic carbocycles. The normalized spacial score (nSPS) is 9.77. The lowest BCUT2D eigenvalue weighted by Crippen LogP contribution is -2.08. The van der Waals surface area contributed by atoms with Gasteiger partial charge in [0, 0.05) is 5.69 Å². The minimum atomic E-state index is 0.144. The highest BCUT2D eigenvalue weighted by atomic mass is 16.5. The zero-order valence-electron chi connectivity index (χ0n) is 8.22. The number of hydrogen-bond acceptors (Lipinski definition) is 3. The van der Waals surface area contributed by atoms with Gasteiger partial charge in [0.25, 0.3) is 0 Å². The Morgan fingerprint density at radius 3 is 2.69 bits per heavy atom. The molecule has 13 heavy (non-hydrogen) atoms. The quantitative estimate of drug-likeness (QED) is 0.556. The van der Waals surface area contributed by atoms with E-state index in [-0.39, 0.29) is 5.90 Å². The summed E-state index contributed by atoms with van der Waals surface area (Å²) in [5.74, 6) is 0.144. The first-order valence-corrected chi connectivity index (χ1v) is 4.31. The average Bonchev–Trinajstić information content (AvgIpc) is 2.10. The summed E-state index contributed by atoms with van der Waals surface area (Å²) in [4.78, 5) is 4.24. The first kappa shape index (κ1) is 9.71. The molecule has 1 N–H and O–H groups in total. The van der Waals surface area contributed by atoms with Crippen molar-refractivity contribution in [2.45, 2.75) is 20.8 Å². The van der Waals surface area contributed by atoms with Crippen molar-refractivity contribution in [2.24, 2.45) is 0 Å². The number of pyridine rings is 1. The van der Waals surface area contributed by atoms with Crippen LogP contribution in [-0.4, -0.2) is 17.5 Å². The molecule has 3 heteroatoms. The van der Waals surface area contributed by atoms with Crippen molar-refractivity contribution in [2.75, 3.05) is 6.61 Å². The summed E-state index contributed by atoms with van der Waals surface area (Å²) in [7, 11) is 0. The topological polar surface area (TPSA) is 46.0 Å². The lowest BCUT2D eigenvalue weighted by molar-refractivity contribution is 0.324. The molecule has 0 aliphatic rings. The first-order valence-electron chi connectivity index (χ1n) is 4.31. The van der Waals surface area contributed by atoms with Crippen molar-refractivity contribution in [3.63, 3.8) is 0 Å². The molecule has 0 bridgehead atoms. The molecule has 1 rings (SSSR count). The van der Waals surface area contributed by atoms with Gasteiger partial charge in [-0.1, -0.05) is 6.07 Å². The predicted molar refractivity (Wildman–Crippen MR) is 52.2 cm³/mol. The van der Waals surface area contributed by atoms with Gasteiger partial charge in [-0.2, -0.15) is 0 Å². The van der Waals surface area contributed by atoms with Crippen molar-refractivity contribution in [3.8, 4) is 0 Å². The predicted octanol–water partition coefficient (Wildman–Crippen LogP) is 2.06. The fourth-order valence-electron chi connectivity index (χ4n) is 0.975. The van der Waals surface area contributed by atoms with E-state index in [4.69, 9.17) is 10.1 Å². The van der Waals surface area contributed by atoms with Gasteiger partial charge in [-0.05, 0) is 32.4 Å². The van der Waals surface area contributed by atoms with Crippen LogP contribution in [-0.2, 0) is 4.74 Å². The minimum absolute atomic E-state index is 0.144. The van der Waals surface area contributed by atoms with E-state index >= 15 is 0 Å². The summed E-state index contributed by atoms with van der Waals surface area (Å²) in [6, 6.07) is 3.76. The van der Waals surface area contributed by atoms with Crippen LogP contribution in [0.15, 0.2) is 12.1 Å². The molecule has 0 saturated heterocycles. The van der Waals surface area contributed by atoms with Crippen molar-refractivity contribution >= 4 is 5.90 Å². The molecule has 1 aromatic rings. The van der Waals surface area contributed by atoms with Crippen LogP contribution < -0.4 is 0 Å².